The van der Waals surface area contributed by atoms with Gasteiger partial charge in [-0.25, -0.2) is 5.06 Å². The maximum absolute atomic E-state index is 12.4. The van der Waals surface area contributed by atoms with Gasteiger partial charge in [0, 0.05) is 24.8 Å². The number of rotatable bonds is 2. The molecule has 3 rings (SSSR count). The summed E-state index contributed by atoms with van der Waals surface area (Å²) in [5.74, 6) is -0.0122. The summed E-state index contributed by atoms with van der Waals surface area (Å²) in [6, 6.07) is 0. The lowest BCUT2D eigenvalue weighted by atomic mass is 9.90. The summed E-state index contributed by atoms with van der Waals surface area (Å²) in [5, 5.41) is 11.3. The Bertz CT molecular complexity index is 523. The molecule has 3 aliphatic rings. The van der Waals surface area contributed by atoms with E-state index in [0.717, 1.165) is 30.0 Å². The number of ether oxygens (including phenoxy) is 2. The molecule has 6 nitrogen and oxygen atoms in total. The Morgan fingerprint density at radius 2 is 2.20 bits per heavy atom. The molecule has 2 aliphatic heterocycles. The van der Waals surface area contributed by atoms with Crippen molar-refractivity contribution in [3.05, 3.63) is 35.5 Å². The second-order valence-electron chi connectivity index (χ2n) is 5.08. The highest BCUT2D eigenvalue weighted by atomic mass is 16.5. The first-order valence-corrected chi connectivity index (χ1v) is 6.69. The van der Waals surface area contributed by atoms with E-state index in [-0.39, 0.29) is 17.6 Å². The topological polar surface area (TPSA) is 62.2 Å². The Hall–Kier alpha value is -1.79. The molecule has 0 fully saturated rings. The zero-order valence-electron chi connectivity index (χ0n) is 11.6. The third kappa shape index (κ3) is 1.83. The van der Waals surface area contributed by atoms with E-state index in [0.29, 0.717) is 5.70 Å². The molecule has 0 saturated heterocycles. The van der Waals surface area contributed by atoms with Crippen LogP contribution in [0.25, 0.3) is 0 Å². The molecule has 0 aromatic heterocycles. The summed E-state index contributed by atoms with van der Waals surface area (Å²) < 4.78 is 10.6. The fraction of sp³-hybridized carbons (Fsp3) is 0.500. The third-order valence-electron chi connectivity index (χ3n) is 4.02. The summed E-state index contributed by atoms with van der Waals surface area (Å²) in [6.07, 6.45) is 7.54. The fourth-order valence-electron chi connectivity index (χ4n) is 3.10. The van der Waals surface area contributed by atoms with Crippen molar-refractivity contribution >= 4 is 5.91 Å². The average Bonchev–Trinajstić information content (AvgIpc) is 2.71. The first kappa shape index (κ1) is 13.2. The minimum absolute atomic E-state index is 0.0407. The van der Waals surface area contributed by atoms with Gasteiger partial charge in [-0.3, -0.25) is 14.9 Å². The number of allylic oxidation sites excluding steroid dienone is 2. The van der Waals surface area contributed by atoms with Gasteiger partial charge in [-0.1, -0.05) is 6.08 Å². The van der Waals surface area contributed by atoms with Crippen molar-refractivity contribution in [2.45, 2.75) is 25.5 Å². The van der Waals surface area contributed by atoms with Gasteiger partial charge in [0.2, 0.25) is 0 Å². The molecule has 20 heavy (non-hydrogen) atoms. The van der Waals surface area contributed by atoms with E-state index in [1.165, 1.54) is 13.3 Å². The highest BCUT2D eigenvalue weighted by Crippen LogP contribution is 2.39. The van der Waals surface area contributed by atoms with Crippen LogP contribution in [0.15, 0.2) is 35.5 Å². The molecule has 1 N–H and O–H groups in total. The number of fused-ring (bicyclic) bond motifs is 2. The van der Waals surface area contributed by atoms with Gasteiger partial charge in [0.05, 0.1) is 19.0 Å². The quantitative estimate of drug-likeness (QED) is 0.830. The molecular weight excluding hydrogens is 260 g/mol. The zero-order valence-corrected chi connectivity index (χ0v) is 11.6. The minimum Gasteiger partial charge on any atom is -0.491 e. The fourth-order valence-corrected chi connectivity index (χ4v) is 3.10. The SMILES string of the molecule is COC1=CC2=CN(O)C3=CCCCC3C(OC)N2C1=O. The van der Waals surface area contributed by atoms with Gasteiger partial charge in [-0.2, -0.15) is 0 Å². The van der Waals surface area contributed by atoms with Crippen molar-refractivity contribution < 1.29 is 19.5 Å². The Labute approximate surface area is 117 Å². The van der Waals surface area contributed by atoms with Crippen LogP contribution in [0.4, 0.5) is 0 Å². The van der Waals surface area contributed by atoms with E-state index < -0.39 is 6.23 Å². The molecule has 2 atom stereocenters. The minimum atomic E-state index is -0.429. The van der Waals surface area contributed by atoms with E-state index in [4.69, 9.17) is 9.47 Å². The molecular formula is C14H18N2O4. The van der Waals surface area contributed by atoms with Crippen LogP contribution in [0.3, 0.4) is 0 Å². The van der Waals surface area contributed by atoms with Gasteiger partial charge < -0.3 is 9.47 Å². The highest BCUT2D eigenvalue weighted by molar-refractivity contribution is 5.97. The molecule has 0 saturated carbocycles. The molecule has 108 valence electrons. The van der Waals surface area contributed by atoms with E-state index in [2.05, 4.69) is 0 Å². The summed E-state index contributed by atoms with van der Waals surface area (Å²) in [5.41, 5.74) is 1.38. The van der Waals surface area contributed by atoms with Crippen LogP contribution < -0.4 is 0 Å². The number of nitrogens with zero attached hydrogens (tertiary/aromatic N) is 2. The molecule has 0 bridgehead atoms. The molecule has 6 heteroatoms. The van der Waals surface area contributed by atoms with Crippen molar-refractivity contribution in [2.75, 3.05) is 14.2 Å². The zero-order chi connectivity index (χ0) is 14.3. The summed E-state index contributed by atoms with van der Waals surface area (Å²) >= 11 is 0. The van der Waals surface area contributed by atoms with Crippen LogP contribution in [-0.4, -0.2) is 41.5 Å². The van der Waals surface area contributed by atoms with Crippen molar-refractivity contribution in [1.82, 2.24) is 9.96 Å². The second kappa shape index (κ2) is 4.96. The van der Waals surface area contributed by atoms with E-state index in [1.54, 1.807) is 18.1 Å². The van der Waals surface area contributed by atoms with Gasteiger partial charge in [0.1, 0.15) is 6.23 Å². The van der Waals surface area contributed by atoms with E-state index in [9.17, 15) is 10.0 Å². The van der Waals surface area contributed by atoms with Gasteiger partial charge >= 0.3 is 0 Å². The Kier molecular flexibility index (Phi) is 3.27. The lowest BCUT2D eigenvalue weighted by Crippen LogP contribution is -2.43. The average molecular weight is 278 g/mol. The predicted molar refractivity (Wildman–Crippen MR) is 69.9 cm³/mol. The van der Waals surface area contributed by atoms with E-state index >= 15 is 0 Å². The van der Waals surface area contributed by atoms with Crippen molar-refractivity contribution in [3.8, 4) is 0 Å². The first-order chi connectivity index (χ1) is 9.67. The van der Waals surface area contributed by atoms with Crippen LogP contribution in [0, 0.1) is 5.92 Å². The highest BCUT2D eigenvalue weighted by Gasteiger charge is 2.43. The van der Waals surface area contributed by atoms with Crippen LogP contribution in [0.5, 0.6) is 0 Å². The third-order valence-corrected chi connectivity index (χ3v) is 4.02. The molecule has 2 unspecified atom stereocenters. The lowest BCUT2D eigenvalue weighted by Gasteiger charge is -2.35. The molecule has 1 aliphatic carbocycles. The molecule has 0 radical (unpaired) electrons. The predicted octanol–water partition coefficient (Wildman–Crippen LogP) is 1.56. The Morgan fingerprint density at radius 3 is 2.90 bits per heavy atom. The van der Waals surface area contributed by atoms with Crippen molar-refractivity contribution in [1.29, 1.82) is 0 Å². The van der Waals surface area contributed by atoms with Crippen LogP contribution >= 0.6 is 0 Å². The number of hydrogen-bond donors (Lipinski definition) is 1. The number of amides is 1. The number of carbonyl (C=O) groups excluding carboxylic acids is 1. The van der Waals surface area contributed by atoms with Gasteiger partial charge in [-0.15, -0.1) is 0 Å². The summed E-state index contributed by atoms with van der Waals surface area (Å²) in [4.78, 5) is 13.9. The Balaban J connectivity index is 2.07. The van der Waals surface area contributed by atoms with Crippen molar-refractivity contribution in [2.24, 2.45) is 5.92 Å². The molecule has 0 aromatic carbocycles. The lowest BCUT2D eigenvalue weighted by molar-refractivity contribution is -0.140. The van der Waals surface area contributed by atoms with Crippen LogP contribution in [0.2, 0.25) is 0 Å². The van der Waals surface area contributed by atoms with Crippen LogP contribution in [0.1, 0.15) is 19.3 Å². The first-order valence-electron chi connectivity index (χ1n) is 6.69. The summed E-state index contributed by atoms with van der Waals surface area (Å²) in [7, 11) is 3.04. The maximum atomic E-state index is 12.4. The molecule has 1 amide bonds. The monoisotopic (exact) mass is 278 g/mol. The number of methoxy groups -OCH3 is 2. The van der Waals surface area contributed by atoms with Gasteiger partial charge in [0.25, 0.3) is 5.91 Å². The number of hydroxylamine groups is 2. The van der Waals surface area contributed by atoms with Crippen LogP contribution in [-0.2, 0) is 14.3 Å². The number of hydrogen-bond acceptors (Lipinski definition) is 5. The Morgan fingerprint density at radius 1 is 1.40 bits per heavy atom. The van der Waals surface area contributed by atoms with E-state index in [1.807, 2.05) is 6.08 Å². The van der Waals surface area contributed by atoms with Gasteiger partial charge in [-0.05, 0) is 19.3 Å². The second-order valence-corrected chi connectivity index (χ2v) is 5.08. The normalized spacial score (nSPS) is 29.1. The maximum Gasteiger partial charge on any atom is 0.295 e. The smallest absolute Gasteiger partial charge is 0.295 e. The molecule has 0 aromatic rings. The standard InChI is InChI=1S/C14H18N2O4/c1-19-12-7-9-8-15(18)11-6-4-3-5-10(11)14(20-2)16(9)13(12)17/h6-8,10,14,18H,3-5H2,1-2H3. The molecule has 2 heterocycles. The van der Waals surface area contributed by atoms with Crippen molar-refractivity contribution in [3.63, 3.8) is 0 Å². The molecule has 0 spiro atoms. The largest absolute Gasteiger partial charge is 0.491 e. The number of carbonyl (C=O) groups is 1. The summed E-state index contributed by atoms with van der Waals surface area (Å²) in [6.45, 7) is 0. The van der Waals surface area contributed by atoms with Gasteiger partial charge in [0.15, 0.2) is 5.76 Å².